The van der Waals surface area contributed by atoms with E-state index in [0.717, 1.165) is 22.5 Å². The van der Waals surface area contributed by atoms with Gasteiger partial charge in [-0.2, -0.15) is 0 Å². The number of hydrogen-bond donors (Lipinski definition) is 1. The Kier molecular flexibility index (Phi) is 4.99. The van der Waals surface area contributed by atoms with Crippen molar-refractivity contribution in [3.8, 4) is 5.75 Å². The molecule has 0 fully saturated rings. The van der Waals surface area contributed by atoms with Crippen LogP contribution in [0.3, 0.4) is 0 Å². The van der Waals surface area contributed by atoms with Crippen molar-refractivity contribution in [3.63, 3.8) is 0 Å². The van der Waals surface area contributed by atoms with E-state index in [9.17, 15) is 0 Å². The van der Waals surface area contributed by atoms with E-state index < -0.39 is 0 Å². The van der Waals surface area contributed by atoms with Crippen molar-refractivity contribution in [1.29, 1.82) is 0 Å². The van der Waals surface area contributed by atoms with E-state index in [4.69, 9.17) is 9.15 Å². The van der Waals surface area contributed by atoms with Crippen LogP contribution in [-0.4, -0.2) is 18.1 Å². The summed E-state index contributed by atoms with van der Waals surface area (Å²) < 4.78 is 12.1. The fourth-order valence-corrected chi connectivity index (χ4v) is 1.90. The Morgan fingerprint density at radius 1 is 1.37 bits per heavy atom. The third-order valence-electron chi connectivity index (χ3n) is 2.64. The van der Waals surface area contributed by atoms with Gasteiger partial charge >= 0.3 is 0 Å². The van der Waals surface area contributed by atoms with E-state index in [-0.39, 0.29) is 6.04 Å². The van der Waals surface area contributed by atoms with Crippen LogP contribution >= 0.6 is 15.9 Å². The second-order valence-electron chi connectivity index (χ2n) is 4.29. The highest BCUT2D eigenvalue weighted by molar-refractivity contribution is 9.10. The monoisotopic (exact) mass is 324 g/mol. The minimum atomic E-state index is 0.0854. The molecule has 102 valence electrons. The predicted octanol–water partition coefficient (Wildman–Crippen LogP) is 3.48. The quantitative estimate of drug-likeness (QED) is 0.826. The van der Waals surface area contributed by atoms with Crippen LogP contribution in [-0.2, 0) is 0 Å². The standard InChI is InChI=1S/C14H17BrN2O2/c1-10-9-17-14(19-10)11(2)16-7-8-18-13-5-3-12(15)4-6-13/h3-6,9,11,16H,7-8H2,1-2H3. The van der Waals surface area contributed by atoms with Gasteiger partial charge in [0.1, 0.15) is 18.1 Å². The molecular formula is C14H17BrN2O2. The molecule has 4 nitrogen and oxygen atoms in total. The van der Waals surface area contributed by atoms with Gasteiger partial charge < -0.3 is 14.5 Å². The van der Waals surface area contributed by atoms with Gasteiger partial charge in [0.2, 0.25) is 5.89 Å². The number of benzene rings is 1. The Balaban J connectivity index is 1.70. The maximum Gasteiger partial charge on any atom is 0.211 e. The molecule has 0 spiro atoms. The fourth-order valence-electron chi connectivity index (χ4n) is 1.63. The van der Waals surface area contributed by atoms with Crippen LogP contribution in [0.1, 0.15) is 24.6 Å². The van der Waals surface area contributed by atoms with Gasteiger partial charge in [-0.05, 0) is 38.1 Å². The molecule has 0 radical (unpaired) electrons. The Hall–Kier alpha value is -1.33. The number of aryl methyl sites for hydroxylation is 1. The van der Waals surface area contributed by atoms with E-state index >= 15 is 0 Å². The molecule has 0 bridgehead atoms. The summed E-state index contributed by atoms with van der Waals surface area (Å²) in [5.41, 5.74) is 0. The second-order valence-corrected chi connectivity index (χ2v) is 5.20. The molecular weight excluding hydrogens is 308 g/mol. The smallest absolute Gasteiger partial charge is 0.211 e. The lowest BCUT2D eigenvalue weighted by Gasteiger charge is -2.11. The minimum Gasteiger partial charge on any atom is -0.492 e. The van der Waals surface area contributed by atoms with Gasteiger partial charge in [0.05, 0.1) is 12.2 Å². The zero-order valence-electron chi connectivity index (χ0n) is 11.0. The molecule has 1 atom stereocenters. The molecule has 0 saturated carbocycles. The molecule has 2 rings (SSSR count). The summed E-state index contributed by atoms with van der Waals surface area (Å²) in [5, 5.41) is 3.30. The fraction of sp³-hybridized carbons (Fsp3) is 0.357. The maximum atomic E-state index is 5.62. The number of nitrogens with one attached hydrogen (secondary N) is 1. The van der Waals surface area contributed by atoms with Gasteiger partial charge in [-0.25, -0.2) is 4.98 Å². The summed E-state index contributed by atoms with van der Waals surface area (Å²) >= 11 is 3.39. The molecule has 19 heavy (non-hydrogen) atoms. The molecule has 0 aliphatic carbocycles. The molecule has 2 aromatic rings. The zero-order valence-corrected chi connectivity index (χ0v) is 12.6. The summed E-state index contributed by atoms with van der Waals surface area (Å²) in [6.45, 7) is 5.25. The lowest BCUT2D eigenvalue weighted by molar-refractivity contribution is 0.299. The van der Waals surface area contributed by atoms with Gasteiger partial charge in [-0.1, -0.05) is 15.9 Å². The van der Waals surface area contributed by atoms with Crippen LogP contribution < -0.4 is 10.1 Å². The first-order valence-electron chi connectivity index (χ1n) is 6.19. The van der Waals surface area contributed by atoms with Crippen LogP contribution in [0.15, 0.2) is 39.4 Å². The van der Waals surface area contributed by atoms with Crippen LogP contribution in [0.5, 0.6) is 5.75 Å². The molecule has 1 aromatic carbocycles. The number of rotatable bonds is 6. The molecule has 5 heteroatoms. The van der Waals surface area contributed by atoms with Crippen molar-refractivity contribution in [2.24, 2.45) is 0 Å². The highest BCUT2D eigenvalue weighted by Gasteiger charge is 2.09. The lowest BCUT2D eigenvalue weighted by atomic mass is 10.3. The average Bonchev–Trinajstić information content (AvgIpc) is 2.83. The maximum absolute atomic E-state index is 5.62. The van der Waals surface area contributed by atoms with Crippen molar-refractivity contribution in [2.75, 3.05) is 13.2 Å². The number of ether oxygens (including phenoxy) is 1. The topological polar surface area (TPSA) is 47.3 Å². The van der Waals surface area contributed by atoms with E-state index in [1.54, 1.807) is 6.20 Å². The van der Waals surface area contributed by atoms with Gasteiger partial charge in [-0.15, -0.1) is 0 Å². The Morgan fingerprint density at radius 2 is 2.11 bits per heavy atom. The molecule has 0 aliphatic heterocycles. The van der Waals surface area contributed by atoms with Crippen molar-refractivity contribution >= 4 is 15.9 Å². The lowest BCUT2D eigenvalue weighted by Crippen LogP contribution is -2.24. The van der Waals surface area contributed by atoms with Crippen molar-refractivity contribution in [3.05, 3.63) is 46.6 Å². The number of oxazole rings is 1. The molecule has 1 aromatic heterocycles. The summed E-state index contributed by atoms with van der Waals surface area (Å²) in [6, 6.07) is 7.87. The van der Waals surface area contributed by atoms with E-state index in [2.05, 4.69) is 26.2 Å². The van der Waals surface area contributed by atoms with Gasteiger partial charge in [0, 0.05) is 11.0 Å². The number of hydrogen-bond acceptors (Lipinski definition) is 4. The summed E-state index contributed by atoms with van der Waals surface area (Å²) in [7, 11) is 0. The first-order valence-corrected chi connectivity index (χ1v) is 6.98. The third-order valence-corrected chi connectivity index (χ3v) is 3.17. The first-order chi connectivity index (χ1) is 9.15. The zero-order chi connectivity index (χ0) is 13.7. The molecule has 0 aliphatic rings. The SMILES string of the molecule is Cc1cnc(C(C)NCCOc2ccc(Br)cc2)o1. The highest BCUT2D eigenvalue weighted by Crippen LogP contribution is 2.16. The number of halogens is 1. The minimum absolute atomic E-state index is 0.0854. The molecule has 0 saturated heterocycles. The van der Waals surface area contributed by atoms with Gasteiger partial charge in [0.25, 0.3) is 0 Å². The Labute approximate surface area is 121 Å². The van der Waals surface area contributed by atoms with E-state index in [1.807, 2.05) is 38.1 Å². The Morgan fingerprint density at radius 3 is 2.74 bits per heavy atom. The van der Waals surface area contributed by atoms with Crippen molar-refractivity contribution in [1.82, 2.24) is 10.3 Å². The van der Waals surface area contributed by atoms with Crippen molar-refractivity contribution in [2.45, 2.75) is 19.9 Å². The summed E-state index contributed by atoms with van der Waals surface area (Å²) in [4.78, 5) is 4.19. The first kappa shape index (κ1) is 14.1. The van der Waals surface area contributed by atoms with Gasteiger partial charge in [0.15, 0.2) is 0 Å². The largest absolute Gasteiger partial charge is 0.492 e. The number of nitrogens with zero attached hydrogens (tertiary/aromatic N) is 1. The molecule has 1 N–H and O–H groups in total. The predicted molar refractivity (Wildman–Crippen MR) is 77.3 cm³/mol. The van der Waals surface area contributed by atoms with Crippen LogP contribution in [0.2, 0.25) is 0 Å². The van der Waals surface area contributed by atoms with E-state index in [1.165, 1.54) is 0 Å². The normalized spacial score (nSPS) is 12.4. The van der Waals surface area contributed by atoms with Gasteiger partial charge in [-0.3, -0.25) is 0 Å². The molecule has 1 unspecified atom stereocenters. The summed E-state index contributed by atoms with van der Waals surface area (Å²) in [5.74, 6) is 2.40. The number of aromatic nitrogens is 1. The van der Waals surface area contributed by atoms with Crippen LogP contribution in [0, 0.1) is 6.92 Å². The highest BCUT2D eigenvalue weighted by atomic mass is 79.9. The summed E-state index contributed by atoms with van der Waals surface area (Å²) in [6.07, 6.45) is 1.73. The average molecular weight is 325 g/mol. The third kappa shape index (κ3) is 4.36. The van der Waals surface area contributed by atoms with E-state index in [0.29, 0.717) is 12.5 Å². The molecule has 1 heterocycles. The Bertz CT molecular complexity index is 510. The van der Waals surface area contributed by atoms with Crippen LogP contribution in [0.4, 0.5) is 0 Å². The van der Waals surface area contributed by atoms with Crippen molar-refractivity contribution < 1.29 is 9.15 Å². The second kappa shape index (κ2) is 6.73. The van der Waals surface area contributed by atoms with Crippen LogP contribution in [0.25, 0.3) is 0 Å². The molecule has 0 amide bonds.